The van der Waals surface area contributed by atoms with Crippen LogP contribution in [0.5, 0.6) is 11.5 Å². The number of rotatable bonds is 10. The smallest absolute Gasteiger partial charge is 0.341 e. The number of carboxylic acid groups (broad SMARTS) is 1. The Bertz CT molecular complexity index is 1620. The van der Waals surface area contributed by atoms with Crippen LogP contribution >= 0.6 is 22.9 Å². The van der Waals surface area contributed by atoms with Crippen LogP contribution in [0.1, 0.15) is 43.9 Å². The van der Waals surface area contributed by atoms with E-state index in [1.165, 1.54) is 23.0 Å². The molecule has 204 valence electrons. The van der Waals surface area contributed by atoms with Crippen LogP contribution in [0, 0.1) is 0 Å². The van der Waals surface area contributed by atoms with Crippen molar-refractivity contribution < 1.29 is 28.9 Å². The molecule has 4 rings (SSSR count). The number of ether oxygens (including phenoxy) is 3. The van der Waals surface area contributed by atoms with Gasteiger partial charge < -0.3 is 19.3 Å². The molecule has 11 heteroatoms. The fourth-order valence-electron chi connectivity index (χ4n) is 4.32. The summed E-state index contributed by atoms with van der Waals surface area (Å²) in [5.74, 6) is -0.836. The third-order valence-corrected chi connectivity index (χ3v) is 7.11. The lowest BCUT2D eigenvalue weighted by Crippen LogP contribution is -2.40. The van der Waals surface area contributed by atoms with Gasteiger partial charge in [-0.3, -0.25) is 9.36 Å². The summed E-state index contributed by atoms with van der Waals surface area (Å²) in [6.45, 7) is 3.38. The molecular formula is C28H27ClN2O7S. The molecule has 0 aliphatic carbocycles. The van der Waals surface area contributed by atoms with Crippen molar-refractivity contribution in [1.82, 2.24) is 4.57 Å². The normalized spacial score (nSPS) is 15.0. The van der Waals surface area contributed by atoms with Gasteiger partial charge in [0.1, 0.15) is 17.5 Å². The molecular weight excluding hydrogens is 544 g/mol. The van der Waals surface area contributed by atoms with Crippen molar-refractivity contribution in [2.24, 2.45) is 4.99 Å². The van der Waals surface area contributed by atoms with Gasteiger partial charge in [-0.2, -0.15) is 0 Å². The van der Waals surface area contributed by atoms with Gasteiger partial charge in [0.15, 0.2) is 11.4 Å². The van der Waals surface area contributed by atoms with E-state index in [2.05, 4.69) is 0 Å². The molecule has 1 N–H and O–H groups in total. The second-order valence-corrected chi connectivity index (χ2v) is 10.0. The number of hydrogen-bond acceptors (Lipinski definition) is 8. The topological polar surface area (TPSA) is 116 Å². The first-order chi connectivity index (χ1) is 18.8. The molecule has 0 spiro atoms. The summed E-state index contributed by atoms with van der Waals surface area (Å²) in [5.41, 5.74) is 1.62. The predicted molar refractivity (Wildman–Crippen MR) is 147 cm³/mol. The minimum Gasteiger partial charge on any atom is -0.496 e. The maximum Gasteiger partial charge on any atom is 0.341 e. The Labute approximate surface area is 233 Å². The summed E-state index contributed by atoms with van der Waals surface area (Å²) in [4.78, 5) is 43.3. The van der Waals surface area contributed by atoms with Gasteiger partial charge in [-0.25, -0.2) is 14.6 Å². The molecule has 0 bridgehead atoms. The number of allylic oxidation sites excluding steroid dienone is 1. The Hall–Kier alpha value is -3.89. The van der Waals surface area contributed by atoms with Gasteiger partial charge in [0, 0.05) is 10.6 Å². The standard InChI is InChI=1S/C28H27ClN2O7S/c1-4-7-20-24(27(35)37-5-2)25(19-14-17(29)10-11-21(19)36-3)31-26(34)22(39-28(31)30-20)13-16-8-6-9-18(12-16)38-15-23(32)33/h6,8-14,25H,4-5,7,15H2,1-3H3,(H,32,33)/b22-13+/t25-/m1/s1. The van der Waals surface area contributed by atoms with E-state index < -0.39 is 24.6 Å². The van der Waals surface area contributed by atoms with E-state index in [1.807, 2.05) is 6.92 Å². The highest BCUT2D eigenvalue weighted by atomic mass is 35.5. The van der Waals surface area contributed by atoms with E-state index in [9.17, 15) is 14.4 Å². The highest BCUT2D eigenvalue weighted by Crippen LogP contribution is 2.38. The lowest BCUT2D eigenvalue weighted by atomic mass is 9.93. The van der Waals surface area contributed by atoms with Gasteiger partial charge in [-0.05, 0) is 55.3 Å². The number of aromatic nitrogens is 1. The van der Waals surface area contributed by atoms with Gasteiger partial charge in [0.05, 0.1) is 29.5 Å². The fourth-order valence-corrected chi connectivity index (χ4v) is 5.53. The molecule has 0 saturated carbocycles. The number of esters is 1. The predicted octanol–water partition coefficient (Wildman–Crippen LogP) is 3.70. The second-order valence-electron chi connectivity index (χ2n) is 8.55. The molecule has 0 fully saturated rings. The molecule has 0 unspecified atom stereocenters. The van der Waals surface area contributed by atoms with Crippen molar-refractivity contribution in [3.05, 3.63) is 89.6 Å². The first-order valence-electron chi connectivity index (χ1n) is 12.3. The number of carboxylic acids is 1. The molecule has 9 nitrogen and oxygen atoms in total. The van der Waals surface area contributed by atoms with Crippen molar-refractivity contribution in [3.8, 4) is 11.5 Å². The molecule has 2 aromatic carbocycles. The van der Waals surface area contributed by atoms with Crippen LogP contribution in [0.15, 0.2) is 63.5 Å². The summed E-state index contributed by atoms with van der Waals surface area (Å²) < 4.78 is 18.1. The molecule has 0 amide bonds. The number of carbonyl (C=O) groups is 2. The van der Waals surface area contributed by atoms with E-state index in [-0.39, 0.29) is 17.7 Å². The lowest BCUT2D eigenvalue weighted by molar-refractivity contribution is -0.140. The Kier molecular flexibility index (Phi) is 8.88. The van der Waals surface area contributed by atoms with Gasteiger partial charge in [-0.15, -0.1) is 0 Å². The number of thiazole rings is 1. The maximum absolute atomic E-state index is 13.9. The average molecular weight is 571 g/mol. The number of aliphatic carboxylic acids is 1. The van der Waals surface area contributed by atoms with Crippen LogP contribution in [0.2, 0.25) is 5.02 Å². The Morgan fingerprint density at radius 2 is 2.00 bits per heavy atom. The highest BCUT2D eigenvalue weighted by molar-refractivity contribution is 7.07. The molecule has 1 aliphatic rings. The Balaban J connectivity index is 1.96. The fraction of sp³-hybridized carbons (Fsp3) is 0.286. The van der Waals surface area contributed by atoms with Crippen molar-refractivity contribution in [3.63, 3.8) is 0 Å². The number of halogens is 1. The van der Waals surface area contributed by atoms with E-state index in [0.29, 0.717) is 49.1 Å². The van der Waals surface area contributed by atoms with Crippen LogP contribution in [-0.4, -0.2) is 41.9 Å². The van der Waals surface area contributed by atoms with Crippen molar-refractivity contribution in [1.29, 1.82) is 0 Å². The SMILES string of the molecule is CCCC1=C(C(=O)OCC)[C@@H](c2cc(Cl)ccc2OC)n2c(s/c(=C/c3cccc(OCC(=O)O)c3)c2=O)=N1. The molecule has 1 atom stereocenters. The van der Waals surface area contributed by atoms with E-state index in [4.69, 9.17) is 35.9 Å². The first kappa shape index (κ1) is 28.1. The third-order valence-electron chi connectivity index (χ3n) is 5.90. The minimum atomic E-state index is -1.09. The van der Waals surface area contributed by atoms with Crippen LogP contribution < -0.4 is 24.4 Å². The molecule has 2 heterocycles. The summed E-state index contributed by atoms with van der Waals surface area (Å²) in [6.07, 6.45) is 2.90. The lowest BCUT2D eigenvalue weighted by Gasteiger charge is -2.27. The minimum absolute atomic E-state index is 0.159. The zero-order valence-corrected chi connectivity index (χ0v) is 23.2. The molecule has 0 saturated heterocycles. The number of carbonyl (C=O) groups excluding carboxylic acids is 1. The third kappa shape index (κ3) is 6.07. The van der Waals surface area contributed by atoms with Gasteiger partial charge in [0.2, 0.25) is 0 Å². The van der Waals surface area contributed by atoms with E-state index in [1.54, 1.807) is 55.5 Å². The largest absolute Gasteiger partial charge is 0.496 e. The zero-order chi connectivity index (χ0) is 28.1. The number of fused-ring (bicyclic) bond motifs is 1. The van der Waals surface area contributed by atoms with Gasteiger partial charge >= 0.3 is 11.9 Å². The van der Waals surface area contributed by atoms with Crippen LogP contribution in [0.4, 0.5) is 0 Å². The summed E-state index contributed by atoms with van der Waals surface area (Å²) in [6, 6.07) is 10.9. The maximum atomic E-state index is 13.9. The number of benzene rings is 2. The van der Waals surface area contributed by atoms with E-state index >= 15 is 0 Å². The van der Waals surface area contributed by atoms with Crippen molar-refractivity contribution in [2.45, 2.75) is 32.7 Å². The van der Waals surface area contributed by atoms with Gasteiger partial charge in [0.25, 0.3) is 5.56 Å². The number of methoxy groups -OCH3 is 1. The first-order valence-corrected chi connectivity index (χ1v) is 13.5. The average Bonchev–Trinajstić information content (AvgIpc) is 3.21. The summed E-state index contributed by atoms with van der Waals surface area (Å²) in [7, 11) is 1.51. The van der Waals surface area contributed by atoms with Crippen LogP contribution in [0.25, 0.3) is 6.08 Å². The van der Waals surface area contributed by atoms with Crippen LogP contribution in [-0.2, 0) is 14.3 Å². The second kappa shape index (κ2) is 12.3. The summed E-state index contributed by atoms with van der Waals surface area (Å²) in [5, 5.41) is 9.32. The molecule has 39 heavy (non-hydrogen) atoms. The van der Waals surface area contributed by atoms with Crippen molar-refractivity contribution in [2.75, 3.05) is 20.3 Å². The highest BCUT2D eigenvalue weighted by Gasteiger charge is 2.36. The quantitative estimate of drug-likeness (QED) is 0.369. The molecule has 0 radical (unpaired) electrons. The van der Waals surface area contributed by atoms with E-state index in [0.717, 1.165) is 6.42 Å². The number of hydrogen-bond donors (Lipinski definition) is 1. The van der Waals surface area contributed by atoms with Gasteiger partial charge in [-0.1, -0.05) is 48.4 Å². The Morgan fingerprint density at radius 1 is 1.21 bits per heavy atom. The van der Waals surface area contributed by atoms with Crippen LogP contribution in [0.3, 0.4) is 0 Å². The Morgan fingerprint density at radius 3 is 2.69 bits per heavy atom. The summed E-state index contributed by atoms with van der Waals surface area (Å²) >= 11 is 7.55. The number of nitrogens with zero attached hydrogens (tertiary/aromatic N) is 2. The molecule has 1 aromatic heterocycles. The zero-order valence-electron chi connectivity index (χ0n) is 21.6. The molecule has 1 aliphatic heterocycles. The molecule has 3 aromatic rings. The van der Waals surface area contributed by atoms with Crippen molar-refractivity contribution >= 4 is 41.0 Å². The monoisotopic (exact) mass is 570 g/mol.